The molecular weight excluding hydrogens is 377 g/mol. The third-order valence-corrected chi connectivity index (χ3v) is 3.90. The largest absolute Gasteiger partial charge is 0.378 e. The van der Waals surface area contributed by atoms with E-state index in [0.717, 1.165) is 0 Å². The van der Waals surface area contributed by atoms with E-state index in [9.17, 15) is 22.4 Å². The Hall–Kier alpha value is -0.350. The van der Waals surface area contributed by atoms with Gasteiger partial charge in [0.15, 0.2) is 0 Å². The van der Waals surface area contributed by atoms with E-state index in [1.54, 1.807) is 4.90 Å². The maximum Gasteiger partial charge on any atom is 0.319 e. The van der Waals surface area contributed by atoms with Crippen molar-refractivity contribution in [1.29, 1.82) is 0 Å². The van der Waals surface area contributed by atoms with Gasteiger partial charge >= 0.3 is 12.3 Å². The van der Waals surface area contributed by atoms with E-state index in [-0.39, 0.29) is 62.9 Å². The highest BCUT2D eigenvalue weighted by atomic mass is 35.5. The highest BCUT2D eigenvalue weighted by molar-refractivity contribution is 5.85. The van der Waals surface area contributed by atoms with Crippen LogP contribution in [0.25, 0.3) is 0 Å². The van der Waals surface area contributed by atoms with Crippen molar-refractivity contribution in [3.63, 3.8) is 0 Å². The number of hydrogen-bond donors (Lipinski definition) is 1. The summed E-state index contributed by atoms with van der Waals surface area (Å²) in [6.45, 7) is 1.77. The van der Waals surface area contributed by atoms with Crippen molar-refractivity contribution < 1.29 is 27.1 Å². The van der Waals surface area contributed by atoms with E-state index in [0.29, 0.717) is 26.2 Å². The predicted octanol–water partition coefficient (Wildman–Crippen LogP) is 1.25. The minimum absolute atomic E-state index is 0. The molecule has 2 fully saturated rings. The zero-order chi connectivity index (χ0) is 16.2. The molecule has 2 saturated heterocycles. The van der Waals surface area contributed by atoms with Crippen LogP contribution < -0.4 is 5.32 Å². The number of morpholine rings is 1. The van der Waals surface area contributed by atoms with Gasteiger partial charge in [-0.25, -0.2) is 8.78 Å². The van der Waals surface area contributed by atoms with Crippen molar-refractivity contribution in [3.05, 3.63) is 0 Å². The Bertz CT molecular complexity index is 380. The minimum Gasteiger partial charge on any atom is -0.378 e. The molecule has 2 aliphatic heterocycles. The molecule has 0 radical (unpaired) electrons. The third kappa shape index (κ3) is 6.87. The summed E-state index contributed by atoms with van der Waals surface area (Å²) in [4.78, 5) is 15.0. The molecule has 2 aliphatic rings. The van der Waals surface area contributed by atoms with Crippen LogP contribution in [0, 0.1) is 0 Å². The molecule has 0 bridgehead atoms. The van der Waals surface area contributed by atoms with Gasteiger partial charge in [-0.3, -0.25) is 9.69 Å². The molecule has 24 heavy (non-hydrogen) atoms. The van der Waals surface area contributed by atoms with Gasteiger partial charge in [0.05, 0.1) is 19.8 Å². The zero-order valence-corrected chi connectivity index (χ0v) is 14.7. The van der Waals surface area contributed by atoms with Gasteiger partial charge < -0.3 is 15.0 Å². The summed E-state index contributed by atoms with van der Waals surface area (Å²) in [5.41, 5.74) is 0. The second kappa shape index (κ2) is 10.6. The fraction of sp³-hybridized carbons (Fsp3) is 0.923. The second-order valence-corrected chi connectivity index (χ2v) is 5.65. The Kier molecular flexibility index (Phi) is 10.4. The number of carbonyl (C=O) groups is 1. The quantitative estimate of drug-likeness (QED) is 0.706. The molecule has 0 aromatic rings. The highest BCUT2D eigenvalue weighted by Crippen LogP contribution is 2.24. The molecule has 1 N–H and O–H groups in total. The van der Waals surface area contributed by atoms with Gasteiger partial charge in [0.25, 0.3) is 0 Å². The summed E-state index contributed by atoms with van der Waals surface area (Å²) < 4.78 is 55.6. The van der Waals surface area contributed by atoms with Crippen LogP contribution >= 0.6 is 24.8 Å². The van der Waals surface area contributed by atoms with E-state index in [1.807, 2.05) is 0 Å². The molecule has 2 heterocycles. The molecule has 0 aliphatic carbocycles. The Balaban J connectivity index is 0.00000264. The van der Waals surface area contributed by atoms with Gasteiger partial charge in [0, 0.05) is 45.2 Å². The molecule has 0 aromatic heterocycles. The average Bonchev–Trinajstić information content (AvgIpc) is 2.48. The number of carbonyl (C=O) groups excluding carboxylic acids is 1. The number of amides is 1. The first kappa shape index (κ1) is 23.6. The molecule has 2 rings (SSSR count). The van der Waals surface area contributed by atoms with Crippen molar-refractivity contribution in [2.75, 3.05) is 52.5 Å². The van der Waals surface area contributed by atoms with Gasteiger partial charge in [-0.1, -0.05) is 0 Å². The molecular formula is C13H23Cl2F4N3O2. The van der Waals surface area contributed by atoms with Crippen molar-refractivity contribution in [2.24, 2.45) is 0 Å². The molecule has 1 amide bonds. The molecule has 5 nitrogen and oxygen atoms in total. The number of rotatable bonds is 5. The van der Waals surface area contributed by atoms with E-state index >= 15 is 0 Å². The number of piperazine rings is 1. The van der Waals surface area contributed by atoms with E-state index in [1.165, 1.54) is 4.90 Å². The molecule has 1 atom stereocenters. The second-order valence-electron chi connectivity index (χ2n) is 5.65. The Labute approximate surface area is 150 Å². The Morgan fingerprint density at radius 2 is 1.83 bits per heavy atom. The minimum atomic E-state index is -4.00. The first-order valence-corrected chi connectivity index (χ1v) is 7.36. The fourth-order valence-electron chi connectivity index (χ4n) is 2.61. The Morgan fingerprint density at radius 1 is 1.21 bits per heavy atom. The summed E-state index contributed by atoms with van der Waals surface area (Å²) in [5, 5.41) is 3.18. The Morgan fingerprint density at radius 3 is 2.33 bits per heavy atom. The lowest BCUT2D eigenvalue weighted by molar-refractivity contribution is -0.148. The highest BCUT2D eigenvalue weighted by Gasteiger charge is 2.42. The first-order valence-electron chi connectivity index (χ1n) is 7.36. The van der Waals surface area contributed by atoms with Crippen molar-refractivity contribution in [1.82, 2.24) is 15.1 Å². The molecule has 144 valence electrons. The summed E-state index contributed by atoms with van der Waals surface area (Å²) in [6, 6.07) is -0.0255. The summed E-state index contributed by atoms with van der Waals surface area (Å²) in [7, 11) is 0. The van der Waals surface area contributed by atoms with Crippen LogP contribution in [0.3, 0.4) is 0 Å². The van der Waals surface area contributed by atoms with Gasteiger partial charge in [-0.05, 0) is 0 Å². The van der Waals surface area contributed by atoms with Gasteiger partial charge in [0.1, 0.15) is 0 Å². The smallest absolute Gasteiger partial charge is 0.319 e. The average molecular weight is 400 g/mol. The van der Waals surface area contributed by atoms with Crippen LogP contribution in [0.5, 0.6) is 0 Å². The molecule has 0 saturated carbocycles. The van der Waals surface area contributed by atoms with Crippen molar-refractivity contribution in [2.45, 2.75) is 24.8 Å². The van der Waals surface area contributed by atoms with Gasteiger partial charge in [-0.2, -0.15) is 8.78 Å². The summed E-state index contributed by atoms with van der Waals surface area (Å²) in [5.74, 6) is -4.07. The number of ether oxygens (including phenoxy) is 1. The van der Waals surface area contributed by atoms with E-state index in [4.69, 9.17) is 4.74 Å². The SMILES string of the molecule is Cl.Cl.O=C(CC1COCCN1)N1CCN(CC(F)(F)C(F)F)CC1. The number of nitrogens with one attached hydrogen (secondary N) is 1. The standard InChI is InChI=1S/C13H21F4N3O2.2ClH/c14-12(15)13(16,17)9-19-2-4-20(5-3-19)11(21)7-10-8-22-6-1-18-10;;/h10,12,18H,1-9H2;2*1H. The molecule has 1 unspecified atom stereocenters. The van der Waals surface area contributed by atoms with E-state index in [2.05, 4.69) is 5.32 Å². The van der Waals surface area contributed by atoms with Gasteiger partial charge in [-0.15, -0.1) is 24.8 Å². The normalized spacial score (nSPS) is 22.7. The van der Waals surface area contributed by atoms with Crippen molar-refractivity contribution in [3.8, 4) is 0 Å². The predicted molar refractivity (Wildman–Crippen MR) is 85.7 cm³/mol. The first-order chi connectivity index (χ1) is 10.4. The van der Waals surface area contributed by atoms with Crippen LogP contribution in [-0.4, -0.2) is 86.6 Å². The number of alkyl halides is 4. The summed E-state index contributed by atoms with van der Waals surface area (Å²) >= 11 is 0. The zero-order valence-electron chi connectivity index (χ0n) is 13.1. The lowest BCUT2D eigenvalue weighted by Gasteiger charge is -2.37. The van der Waals surface area contributed by atoms with Crippen LogP contribution in [0.4, 0.5) is 17.6 Å². The summed E-state index contributed by atoms with van der Waals surface area (Å²) in [6.07, 6.45) is -3.36. The van der Waals surface area contributed by atoms with E-state index < -0.39 is 18.9 Å². The molecule has 11 heteroatoms. The lowest BCUT2D eigenvalue weighted by atomic mass is 10.1. The van der Waals surface area contributed by atoms with Crippen LogP contribution in [-0.2, 0) is 9.53 Å². The fourth-order valence-corrected chi connectivity index (χ4v) is 2.61. The maximum atomic E-state index is 13.0. The number of halogens is 6. The lowest BCUT2D eigenvalue weighted by Crippen LogP contribution is -2.54. The molecule has 0 aromatic carbocycles. The van der Waals surface area contributed by atoms with Crippen LogP contribution in [0.2, 0.25) is 0 Å². The third-order valence-electron chi connectivity index (χ3n) is 3.90. The number of hydrogen-bond acceptors (Lipinski definition) is 4. The topological polar surface area (TPSA) is 44.8 Å². The maximum absolute atomic E-state index is 13.0. The van der Waals surface area contributed by atoms with Crippen molar-refractivity contribution >= 4 is 30.7 Å². The van der Waals surface area contributed by atoms with Gasteiger partial charge in [0.2, 0.25) is 5.91 Å². The monoisotopic (exact) mass is 399 g/mol. The molecule has 0 spiro atoms. The van der Waals surface area contributed by atoms with Crippen LogP contribution in [0.15, 0.2) is 0 Å². The van der Waals surface area contributed by atoms with Crippen LogP contribution in [0.1, 0.15) is 6.42 Å². The number of nitrogens with zero attached hydrogens (tertiary/aromatic N) is 2.